The Labute approximate surface area is 192 Å². The number of carbonyl (C=O) groups is 3. The predicted molar refractivity (Wildman–Crippen MR) is 123 cm³/mol. The monoisotopic (exact) mass is 462 g/mol. The third-order valence-electron chi connectivity index (χ3n) is 5.48. The van der Waals surface area contributed by atoms with Crippen molar-refractivity contribution in [2.75, 3.05) is 10.8 Å². The first kappa shape index (κ1) is 22.4. The first-order valence-electron chi connectivity index (χ1n) is 10.4. The number of anilines is 1. The molecule has 0 unspecified atom stereocenters. The lowest BCUT2D eigenvalue weighted by Gasteiger charge is -2.24. The SMILES string of the molecule is Cc1ccc(N(C(=O)CCN2C(=O)c3ccccc3C2=O)S(=O)(=O)c2ccc(C)cc2)cc1. The van der Waals surface area contributed by atoms with Gasteiger partial charge in [-0.15, -0.1) is 0 Å². The van der Waals surface area contributed by atoms with E-state index in [2.05, 4.69) is 0 Å². The highest BCUT2D eigenvalue weighted by atomic mass is 32.2. The molecule has 4 rings (SSSR count). The summed E-state index contributed by atoms with van der Waals surface area (Å²) in [5.41, 5.74) is 2.53. The second-order valence-corrected chi connectivity index (χ2v) is 9.66. The lowest BCUT2D eigenvalue weighted by molar-refractivity contribution is -0.117. The zero-order valence-electron chi connectivity index (χ0n) is 18.2. The standard InChI is InChI=1S/C25H22N2O5S/c1-17-7-11-19(12-8-17)27(33(31,32)20-13-9-18(2)10-14-20)23(28)15-16-26-24(29)21-5-3-4-6-22(21)25(26)30/h3-14H,15-16H2,1-2H3. The number of amides is 3. The molecule has 7 nitrogen and oxygen atoms in total. The maximum absolute atomic E-state index is 13.4. The van der Waals surface area contributed by atoms with Crippen molar-refractivity contribution in [2.45, 2.75) is 25.2 Å². The number of nitrogens with zero attached hydrogens (tertiary/aromatic N) is 2. The number of benzene rings is 3. The molecular formula is C25H22N2O5S. The topological polar surface area (TPSA) is 91.8 Å². The van der Waals surface area contributed by atoms with E-state index in [1.54, 1.807) is 60.7 Å². The van der Waals surface area contributed by atoms with E-state index in [-0.39, 0.29) is 34.7 Å². The third kappa shape index (κ3) is 4.17. The third-order valence-corrected chi connectivity index (χ3v) is 7.24. The lowest BCUT2D eigenvalue weighted by Crippen LogP contribution is -2.40. The second kappa shape index (κ2) is 8.63. The van der Waals surface area contributed by atoms with Crippen molar-refractivity contribution >= 4 is 33.4 Å². The van der Waals surface area contributed by atoms with Gasteiger partial charge in [0, 0.05) is 13.0 Å². The summed E-state index contributed by atoms with van der Waals surface area (Å²) in [6, 6.07) is 19.2. The van der Waals surface area contributed by atoms with Crippen molar-refractivity contribution in [1.29, 1.82) is 0 Å². The summed E-state index contributed by atoms with van der Waals surface area (Å²) >= 11 is 0. The van der Waals surface area contributed by atoms with Crippen LogP contribution in [0, 0.1) is 13.8 Å². The summed E-state index contributed by atoms with van der Waals surface area (Å²) < 4.78 is 27.6. The van der Waals surface area contributed by atoms with Gasteiger partial charge in [-0.3, -0.25) is 19.3 Å². The molecule has 0 aromatic heterocycles. The molecule has 0 saturated heterocycles. The predicted octanol–water partition coefficient (Wildman–Crippen LogP) is 3.71. The zero-order chi connectivity index (χ0) is 23.8. The molecule has 33 heavy (non-hydrogen) atoms. The minimum Gasteiger partial charge on any atom is -0.274 e. The summed E-state index contributed by atoms with van der Waals surface area (Å²) in [5.74, 6) is -1.73. The number of imide groups is 1. The number of rotatable bonds is 6. The zero-order valence-corrected chi connectivity index (χ0v) is 19.0. The van der Waals surface area contributed by atoms with Crippen molar-refractivity contribution < 1.29 is 22.8 Å². The van der Waals surface area contributed by atoms with E-state index in [4.69, 9.17) is 0 Å². The Hall–Kier alpha value is -3.78. The van der Waals surface area contributed by atoms with Crippen molar-refractivity contribution in [3.05, 3.63) is 95.1 Å². The molecule has 0 fully saturated rings. The minimum absolute atomic E-state index is 0.0252. The van der Waals surface area contributed by atoms with E-state index in [9.17, 15) is 22.8 Å². The molecule has 0 saturated carbocycles. The number of hydrogen-bond donors (Lipinski definition) is 0. The van der Waals surface area contributed by atoms with Crippen molar-refractivity contribution in [1.82, 2.24) is 4.90 Å². The fourth-order valence-corrected chi connectivity index (χ4v) is 5.11. The number of fused-ring (bicyclic) bond motifs is 1. The molecule has 1 aliphatic heterocycles. The highest BCUT2D eigenvalue weighted by Gasteiger charge is 2.37. The van der Waals surface area contributed by atoms with Crippen LogP contribution in [0.1, 0.15) is 38.3 Å². The van der Waals surface area contributed by atoms with Crippen LogP contribution in [-0.2, 0) is 14.8 Å². The smallest absolute Gasteiger partial charge is 0.270 e. The van der Waals surface area contributed by atoms with Gasteiger partial charge in [-0.1, -0.05) is 47.5 Å². The van der Waals surface area contributed by atoms with Crippen molar-refractivity contribution in [2.24, 2.45) is 0 Å². The number of carbonyl (C=O) groups excluding carboxylic acids is 3. The first-order chi connectivity index (χ1) is 15.7. The van der Waals surface area contributed by atoms with E-state index in [0.717, 1.165) is 20.3 Å². The Morgan fingerprint density at radius 3 is 1.79 bits per heavy atom. The molecular weight excluding hydrogens is 440 g/mol. The Morgan fingerprint density at radius 1 is 0.788 bits per heavy atom. The van der Waals surface area contributed by atoms with Crippen LogP contribution in [0.5, 0.6) is 0 Å². The van der Waals surface area contributed by atoms with E-state index >= 15 is 0 Å². The second-order valence-electron chi connectivity index (χ2n) is 7.87. The van der Waals surface area contributed by atoms with Crippen LogP contribution in [0.3, 0.4) is 0 Å². The van der Waals surface area contributed by atoms with Crippen molar-refractivity contribution in [3.8, 4) is 0 Å². The first-order valence-corrected chi connectivity index (χ1v) is 11.8. The van der Waals surface area contributed by atoms with E-state index in [1.165, 1.54) is 12.1 Å². The van der Waals surface area contributed by atoms with Crippen LogP contribution in [0.2, 0.25) is 0 Å². The van der Waals surface area contributed by atoms with E-state index in [0.29, 0.717) is 0 Å². The summed E-state index contributed by atoms with van der Waals surface area (Å²) in [6.45, 7) is 3.46. The van der Waals surface area contributed by atoms with Gasteiger partial charge < -0.3 is 0 Å². The Kier molecular flexibility index (Phi) is 5.86. The molecule has 0 radical (unpaired) electrons. The van der Waals surface area contributed by atoms with E-state index in [1.807, 2.05) is 13.8 Å². The van der Waals surface area contributed by atoms with Gasteiger partial charge in [0.15, 0.2) is 0 Å². The van der Waals surface area contributed by atoms with Gasteiger partial charge in [0.25, 0.3) is 21.8 Å². The van der Waals surface area contributed by atoms with Gasteiger partial charge in [0.1, 0.15) is 0 Å². The fourth-order valence-electron chi connectivity index (χ4n) is 3.66. The Bertz CT molecular complexity index is 1310. The molecule has 8 heteroatoms. The molecule has 1 heterocycles. The van der Waals surface area contributed by atoms with Gasteiger partial charge in [0.2, 0.25) is 5.91 Å². The summed E-state index contributed by atoms with van der Waals surface area (Å²) in [5, 5.41) is 0. The van der Waals surface area contributed by atoms with Crippen LogP contribution >= 0.6 is 0 Å². The molecule has 3 aromatic rings. The van der Waals surface area contributed by atoms with Crippen LogP contribution in [0.4, 0.5) is 5.69 Å². The largest absolute Gasteiger partial charge is 0.274 e. The minimum atomic E-state index is -4.21. The van der Waals surface area contributed by atoms with Crippen LogP contribution in [0.15, 0.2) is 77.7 Å². The molecule has 0 atom stereocenters. The van der Waals surface area contributed by atoms with Crippen molar-refractivity contribution in [3.63, 3.8) is 0 Å². The quantitative estimate of drug-likeness (QED) is 0.521. The highest BCUT2D eigenvalue weighted by molar-refractivity contribution is 7.93. The Balaban J connectivity index is 1.63. The maximum atomic E-state index is 13.4. The molecule has 3 aromatic carbocycles. The van der Waals surface area contributed by atoms with Gasteiger partial charge in [-0.05, 0) is 50.2 Å². The van der Waals surface area contributed by atoms with Gasteiger partial charge in [-0.25, -0.2) is 12.7 Å². The van der Waals surface area contributed by atoms with Gasteiger partial charge >= 0.3 is 0 Å². The lowest BCUT2D eigenvalue weighted by atomic mass is 10.1. The van der Waals surface area contributed by atoms with Gasteiger partial charge in [0.05, 0.1) is 21.7 Å². The molecule has 168 valence electrons. The average molecular weight is 463 g/mol. The molecule has 0 N–H and O–H groups in total. The maximum Gasteiger partial charge on any atom is 0.270 e. The number of hydrogen-bond acceptors (Lipinski definition) is 5. The molecule has 0 aliphatic carbocycles. The van der Waals surface area contributed by atoms with Crippen LogP contribution < -0.4 is 4.31 Å². The summed E-state index contributed by atoms with van der Waals surface area (Å²) in [7, 11) is -4.21. The Morgan fingerprint density at radius 2 is 1.27 bits per heavy atom. The van der Waals surface area contributed by atoms with Crippen LogP contribution in [0.25, 0.3) is 0 Å². The number of aryl methyl sites for hydroxylation is 2. The molecule has 3 amide bonds. The average Bonchev–Trinajstić information content (AvgIpc) is 3.04. The number of sulfonamides is 1. The molecule has 1 aliphatic rings. The van der Waals surface area contributed by atoms with Crippen LogP contribution in [-0.4, -0.2) is 37.6 Å². The normalized spacial score (nSPS) is 13.2. The summed E-state index contributed by atoms with van der Waals surface area (Å²) in [4.78, 5) is 39.4. The highest BCUT2D eigenvalue weighted by Crippen LogP contribution is 2.27. The van der Waals surface area contributed by atoms with Gasteiger partial charge in [-0.2, -0.15) is 0 Å². The molecule has 0 bridgehead atoms. The molecule has 0 spiro atoms. The van der Waals surface area contributed by atoms with E-state index < -0.39 is 27.7 Å². The summed E-state index contributed by atoms with van der Waals surface area (Å²) in [6.07, 6.45) is -0.343. The fraction of sp³-hybridized carbons (Fsp3) is 0.160.